The molecule has 0 aliphatic carbocycles. The molecule has 0 aromatic heterocycles. The third-order valence-corrected chi connectivity index (χ3v) is 3.62. The van der Waals surface area contributed by atoms with Crippen molar-refractivity contribution in [2.75, 3.05) is 0 Å². The van der Waals surface area contributed by atoms with Gasteiger partial charge in [-0.1, -0.05) is 53.6 Å². The van der Waals surface area contributed by atoms with E-state index in [1.807, 2.05) is 0 Å². The average molecular weight is 268 g/mol. The number of aryl methyl sites for hydroxylation is 3. The van der Waals surface area contributed by atoms with Crippen LogP contribution in [0.5, 0.6) is 0 Å². The molecule has 0 saturated carbocycles. The molecule has 0 fully saturated rings. The maximum atomic E-state index is 3.37. The molecule has 2 aromatic carbocycles. The van der Waals surface area contributed by atoms with Crippen molar-refractivity contribution in [1.82, 2.24) is 10.9 Å². The highest BCUT2D eigenvalue weighted by Crippen LogP contribution is 2.17. The molecule has 1 atom stereocenters. The third-order valence-electron chi connectivity index (χ3n) is 3.62. The third kappa shape index (κ3) is 3.92. The lowest BCUT2D eigenvalue weighted by Crippen LogP contribution is -2.33. The van der Waals surface area contributed by atoms with E-state index >= 15 is 0 Å². The Kier molecular flexibility index (Phi) is 4.94. The van der Waals surface area contributed by atoms with Crippen LogP contribution in [0.15, 0.2) is 42.5 Å². The average Bonchev–Trinajstić information content (AvgIpc) is 2.41. The Bertz CT molecular complexity index is 558. The van der Waals surface area contributed by atoms with Gasteiger partial charge < -0.3 is 0 Å². The molecule has 0 amide bonds. The minimum Gasteiger partial charge on any atom is -0.253 e. The van der Waals surface area contributed by atoms with E-state index in [0.717, 1.165) is 6.54 Å². The van der Waals surface area contributed by atoms with E-state index in [2.05, 4.69) is 81.0 Å². The lowest BCUT2D eigenvalue weighted by Gasteiger charge is -2.18. The highest BCUT2D eigenvalue weighted by atomic mass is 15.4. The van der Waals surface area contributed by atoms with Crippen LogP contribution in [0.3, 0.4) is 0 Å². The zero-order chi connectivity index (χ0) is 14.5. The van der Waals surface area contributed by atoms with Gasteiger partial charge in [-0.3, -0.25) is 10.9 Å². The summed E-state index contributed by atoms with van der Waals surface area (Å²) in [6, 6.07) is 15.5. The van der Waals surface area contributed by atoms with Crippen LogP contribution >= 0.6 is 0 Å². The van der Waals surface area contributed by atoms with E-state index in [-0.39, 0.29) is 0 Å². The zero-order valence-corrected chi connectivity index (χ0v) is 12.8. The van der Waals surface area contributed by atoms with E-state index in [0.29, 0.717) is 6.04 Å². The van der Waals surface area contributed by atoms with Gasteiger partial charge in [-0.05, 0) is 44.4 Å². The quantitative estimate of drug-likeness (QED) is 0.802. The summed E-state index contributed by atoms with van der Waals surface area (Å²) in [5.41, 5.74) is 13.3. The topological polar surface area (TPSA) is 24.1 Å². The van der Waals surface area contributed by atoms with Crippen molar-refractivity contribution in [2.24, 2.45) is 0 Å². The van der Waals surface area contributed by atoms with E-state index in [1.54, 1.807) is 0 Å². The minimum atomic E-state index is 0.293. The summed E-state index contributed by atoms with van der Waals surface area (Å²) in [5.74, 6) is 0. The van der Waals surface area contributed by atoms with E-state index in [4.69, 9.17) is 0 Å². The summed E-state index contributed by atoms with van der Waals surface area (Å²) >= 11 is 0. The Balaban J connectivity index is 1.88. The molecule has 0 aliphatic rings. The van der Waals surface area contributed by atoms with Crippen molar-refractivity contribution in [3.63, 3.8) is 0 Å². The molecule has 2 heteroatoms. The van der Waals surface area contributed by atoms with Gasteiger partial charge in [0.05, 0.1) is 0 Å². The summed E-state index contributed by atoms with van der Waals surface area (Å²) < 4.78 is 0. The predicted octanol–water partition coefficient (Wildman–Crippen LogP) is 3.97. The first-order valence-corrected chi connectivity index (χ1v) is 7.17. The van der Waals surface area contributed by atoms with Gasteiger partial charge in [0.25, 0.3) is 0 Å². The standard InChI is InChI=1S/C18H24N2/c1-13-5-8-17(9-6-13)12-19-20-16(4)18-10-7-14(2)11-15(18)3/h5-11,16,19-20H,12H2,1-4H3. The number of benzene rings is 2. The molecule has 0 aliphatic heterocycles. The van der Waals surface area contributed by atoms with Crippen LogP contribution in [0.2, 0.25) is 0 Å². The number of hydrogen-bond acceptors (Lipinski definition) is 2. The Morgan fingerprint density at radius 1 is 0.900 bits per heavy atom. The van der Waals surface area contributed by atoms with Crippen molar-refractivity contribution in [1.29, 1.82) is 0 Å². The fourth-order valence-corrected chi connectivity index (χ4v) is 2.40. The second kappa shape index (κ2) is 6.69. The molecule has 0 spiro atoms. The molecule has 2 N–H and O–H groups in total. The van der Waals surface area contributed by atoms with Gasteiger partial charge in [0.1, 0.15) is 0 Å². The van der Waals surface area contributed by atoms with Gasteiger partial charge in [-0.15, -0.1) is 0 Å². The smallest absolute Gasteiger partial charge is 0.0436 e. The normalized spacial score (nSPS) is 12.4. The molecule has 106 valence electrons. The number of hydrogen-bond donors (Lipinski definition) is 2. The lowest BCUT2D eigenvalue weighted by atomic mass is 10.0. The van der Waals surface area contributed by atoms with Crippen LogP contribution in [0.25, 0.3) is 0 Å². The van der Waals surface area contributed by atoms with Crippen LogP contribution in [0.1, 0.15) is 40.8 Å². The van der Waals surface area contributed by atoms with Crippen molar-refractivity contribution in [3.8, 4) is 0 Å². The minimum absolute atomic E-state index is 0.293. The van der Waals surface area contributed by atoms with Gasteiger partial charge in [0.2, 0.25) is 0 Å². The number of hydrazine groups is 1. The molecule has 0 radical (unpaired) electrons. The zero-order valence-electron chi connectivity index (χ0n) is 12.8. The molecular weight excluding hydrogens is 244 g/mol. The van der Waals surface area contributed by atoms with Crippen molar-refractivity contribution < 1.29 is 0 Å². The number of nitrogens with one attached hydrogen (secondary N) is 2. The highest BCUT2D eigenvalue weighted by Gasteiger charge is 2.07. The van der Waals surface area contributed by atoms with Crippen LogP contribution in [0.4, 0.5) is 0 Å². The SMILES string of the molecule is Cc1ccc(CNNC(C)c2ccc(C)cc2C)cc1. The monoisotopic (exact) mass is 268 g/mol. The molecule has 2 nitrogen and oxygen atoms in total. The van der Waals surface area contributed by atoms with Crippen molar-refractivity contribution in [2.45, 2.75) is 40.3 Å². The fourth-order valence-electron chi connectivity index (χ4n) is 2.40. The Morgan fingerprint density at radius 3 is 2.20 bits per heavy atom. The molecular formula is C18H24N2. The van der Waals surface area contributed by atoms with Crippen LogP contribution in [-0.4, -0.2) is 0 Å². The predicted molar refractivity (Wildman–Crippen MR) is 85.5 cm³/mol. The molecule has 1 unspecified atom stereocenters. The van der Waals surface area contributed by atoms with Crippen molar-refractivity contribution in [3.05, 3.63) is 70.3 Å². The molecule has 0 heterocycles. The van der Waals surface area contributed by atoms with Gasteiger partial charge in [-0.2, -0.15) is 0 Å². The summed E-state index contributed by atoms with van der Waals surface area (Å²) in [6.07, 6.45) is 0. The molecule has 0 saturated heterocycles. The van der Waals surface area contributed by atoms with E-state index < -0.39 is 0 Å². The van der Waals surface area contributed by atoms with Crippen LogP contribution < -0.4 is 10.9 Å². The Hall–Kier alpha value is -1.64. The first kappa shape index (κ1) is 14.8. The first-order chi connectivity index (χ1) is 9.56. The second-order valence-electron chi connectivity index (χ2n) is 5.57. The summed E-state index contributed by atoms with van der Waals surface area (Å²) in [7, 11) is 0. The van der Waals surface area contributed by atoms with Crippen LogP contribution in [-0.2, 0) is 6.54 Å². The summed E-state index contributed by atoms with van der Waals surface area (Å²) in [6.45, 7) is 9.41. The molecule has 2 aromatic rings. The molecule has 20 heavy (non-hydrogen) atoms. The van der Waals surface area contributed by atoms with Gasteiger partial charge in [0.15, 0.2) is 0 Å². The van der Waals surface area contributed by atoms with E-state index in [9.17, 15) is 0 Å². The Morgan fingerprint density at radius 2 is 1.55 bits per heavy atom. The lowest BCUT2D eigenvalue weighted by molar-refractivity contribution is 0.459. The largest absolute Gasteiger partial charge is 0.253 e. The van der Waals surface area contributed by atoms with Gasteiger partial charge in [0, 0.05) is 12.6 Å². The summed E-state index contributed by atoms with van der Waals surface area (Å²) in [4.78, 5) is 0. The Labute approximate surface area is 122 Å². The van der Waals surface area contributed by atoms with Crippen LogP contribution in [0, 0.1) is 20.8 Å². The van der Waals surface area contributed by atoms with Gasteiger partial charge >= 0.3 is 0 Å². The highest BCUT2D eigenvalue weighted by molar-refractivity contribution is 5.32. The first-order valence-electron chi connectivity index (χ1n) is 7.17. The van der Waals surface area contributed by atoms with E-state index in [1.165, 1.54) is 27.8 Å². The maximum absolute atomic E-state index is 3.37. The maximum Gasteiger partial charge on any atom is 0.0436 e. The summed E-state index contributed by atoms with van der Waals surface area (Å²) in [5, 5.41) is 0. The fraction of sp³-hybridized carbons (Fsp3) is 0.333. The number of rotatable bonds is 5. The second-order valence-corrected chi connectivity index (χ2v) is 5.57. The molecule has 0 bridgehead atoms. The van der Waals surface area contributed by atoms with Gasteiger partial charge in [-0.25, -0.2) is 0 Å². The van der Waals surface area contributed by atoms with Crippen molar-refractivity contribution >= 4 is 0 Å². The molecule has 2 rings (SSSR count).